The maximum atomic E-state index is 10.6. The fourth-order valence-electron chi connectivity index (χ4n) is 3.65. The van der Waals surface area contributed by atoms with Crippen molar-refractivity contribution in [3.8, 4) is 0 Å². The van der Waals surface area contributed by atoms with E-state index in [0.29, 0.717) is 18.0 Å². The lowest BCUT2D eigenvalue weighted by atomic mass is 9.70. The summed E-state index contributed by atoms with van der Waals surface area (Å²) in [7, 11) is 1.87. The van der Waals surface area contributed by atoms with E-state index in [1.165, 1.54) is 19.3 Å². The van der Waals surface area contributed by atoms with Crippen molar-refractivity contribution >= 4 is 0 Å². The van der Waals surface area contributed by atoms with Gasteiger partial charge in [0.2, 0.25) is 0 Å². The minimum absolute atomic E-state index is 0.398. The van der Waals surface area contributed by atoms with Crippen LogP contribution in [0.25, 0.3) is 0 Å². The van der Waals surface area contributed by atoms with Crippen molar-refractivity contribution in [3.05, 3.63) is 18.0 Å². The standard InChI is InChI=1S/C16H29N3O/c1-12-6-14(8-15(2,3)7-12)17-11-16(4,20)13-9-18-19(5)10-13/h9-10,12,14,17,20H,6-8,11H2,1-5H3. The van der Waals surface area contributed by atoms with Crippen molar-refractivity contribution in [2.24, 2.45) is 18.4 Å². The predicted octanol–water partition coefficient (Wildman–Crippen LogP) is 2.43. The van der Waals surface area contributed by atoms with Gasteiger partial charge in [0.15, 0.2) is 0 Å². The van der Waals surface area contributed by atoms with Crippen LogP contribution in [0.2, 0.25) is 0 Å². The highest BCUT2D eigenvalue weighted by Gasteiger charge is 2.33. The lowest BCUT2D eigenvalue weighted by Crippen LogP contribution is -2.45. The zero-order valence-electron chi connectivity index (χ0n) is 13.5. The van der Waals surface area contributed by atoms with Gasteiger partial charge in [-0.2, -0.15) is 5.10 Å². The first-order chi connectivity index (χ1) is 9.18. The van der Waals surface area contributed by atoms with Gasteiger partial charge >= 0.3 is 0 Å². The van der Waals surface area contributed by atoms with Gasteiger partial charge in [-0.15, -0.1) is 0 Å². The van der Waals surface area contributed by atoms with Gasteiger partial charge in [0.05, 0.1) is 6.20 Å². The fourth-order valence-corrected chi connectivity index (χ4v) is 3.65. The summed E-state index contributed by atoms with van der Waals surface area (Å²) in [4.78, 5) is 0. The summed E-state index contributed by atoms with van der Waals surface area (Å²) in [6.45, 7) is 9.45. The molecule has 1 heterocycles. The van der Waals surface area contributed by atoms with Crippen molar-refractivity contribution in [2.45, 2.75) is 58.6 Å². The predicted molar refractivity (Wildman–Crippen MR) is 81.4 cm³/mol. The Balaban J connectivity index is 1.94. The maximum Gasteiger partial charge on any atom is 0.102 e. The molecule has 0 amide bonds. The Labute approximate surface area is 122 Å². The highest BCUT2D eigenvalue weighted by Crippen LogP contribution is 2.38. The molecule has 3 unspecified atom stereocenters. The minimum Gasteiger partial charge on any atom is -0.384 e. The molecular formula is C16H29N3O. The van der Waals surface area contributed by atoms with E-state index in [1.54, 1.807) is 10.9 Å². The van der Waals surface area contributed by atoms with E-state index in [0.717, 1.165) is 11.5 Å². The average Bonchev–Trinajstić information content (AvgIpc) is 2.71. The zero-order chi connectivity index (χ0) is 15.0. The third-order valence-corrected chi connectivity index (χ3v) is 4.45. The highest BCUT2D eigenvalue weighted by molar-refractivity contribution is 5.14. The summed E-state index contributed by atoms with van der Waals surface area (Å²) >= 11 is 0. The molecule has 1 saturated carbocycles. The first-order valence-corrected chi connectivity index (χ1v) is 7.63. The molecule has 1 aromatic heterocycles. The Morgan fingerprint density at radius 1 is 1.50 bits per heavy atom. The van der Waals surface area contributed by atoms with Crippen LogP contribution in [0.5, 0.6) is 0 Å². The normalized spacial score (nSPS) is 29.1. The van der Waals surface area contributed by atoms with Gasteiger partial charge in [-0.25, -0.2) is 0 Å². The lowest BCUT2D eigenvalue weighted by Gasteiger charge is -2.40. The summed E-state index contributed by atoms with van der Waals surface area (Å²) in [5.74, 6) is 0.750. The van der Waals surface area contributed by atoms with Crippen LogP contribution in [0.4, 0.5) is 0 Å². The Hall–Kier alpha value is -0.870. The molecule has 0 spiro atoms. The third-order valence-electron chi connectivity index (χ3n) is 4.45. The van der Waals surface area contributed by atoms with Crippen LogP contribution < -0.4 is 5.32 Å². The quantitative estimate of drug-likeness (QED) is 0.890. The van der Waals surface area contributed by atoms with Gasteiger partial charge in [0.25, 0.3) is 0 Å². The van der Waals surface area contributed by atoms with Gasteiger partial charge in [-0.3, -0.25) is 4.68 Å². The first kappa shape index (κ1) is 15.5. The topological polar surface area (TPSA) is 50.1 Å². The summed E-state index contributed by atoms with van der Waals surface area (Å²) in [6, 6.07) is 0.497. The van der Waals surface area contributed by atoms with Gasteiger partial charge in [0, 0.05) is 31.4 Å². The monoisotopic (exact) mass is 279 g/mol. The van der Waals surface area contributed by atoms with Gasteiger partial charge in [-0.1, -0.05) is 20.8 Å². The van der Waals surface area contributed by atoms with Crippen LogP contribution in [0.1, 0.15) is 52.5 Å². The summed E-state index contributed by atoms with van der Waals surface area (Å²) in [5, 5.41) is 18.3. The molecule has 3 atom stereocenters. The van der Waals surface area contributed by atoms with Crippen LogP contribution in [0.15, 0.2) is 12.4 Å². The van der Waals surface area contributed by atoms with Crippen molar-refractivity contribution in [1.82, 2.24) is 15.1 Å². The molecule has 1 aliphatic rings. The number of aliphatic hydroxyl groups is 1. The Morgan fingerprint density at radius 3 is 2.75 bits per heavy atom. The van der Waals surface area contributed by atoms with Crippen molar-refractivity contribution in [3.63, 3.8) is 0 Å². The molecule has 0 aliphatic heterocycles. The number of hydrogen-bond acceptors (Lipinski definition) is 3. The van der Waals surface area contributed by atoms with Crippen LogP contribution in [0, 0.1) is 11.3 Å². The molecule has 2 N–H and O–H groups in total. The second-order valence-electron chi connectivity index (χ2n) is 7.67. The van der Waals surface area contributed by atoms with E-state index < -0.39 is 5.60 Å². The Morgan fingerprint density at radius 2 is 2.20 bits per heavy atom. The highest BCUT2D eigenvalue weighted by atomic mass is 16.3. The molecule has 0 saturated heterocycles. The first-order valence-electron chi connectivity index (χ1n) is 7.63. The Kier molecular flexibility index (Phi) is 4.26. The zero-order valence-corrected chi connectivity index (χ0v) is 13.5. The molecule has 0 bridgehead atoms. The minimum atomic E-state index is -0.862. The van der Waals surface area contributed by atoms with Crippen molar-refractivity contribution < 1.29 is 5.11 Å². The Bertz CT molecular complexity index is 450. The molecule has 1 aliphatic carbocycles. The average molecular weight is 279 g/mol. The van der Waals surface area contributed by atoms with E-state index in [9.17, 15) is 5.11 Å². The number of nitrogens with one attached hydrogen (secondary N) is 1. The lowest BCUT2D eigenvalue weighted by molar-refractivity contribution is 0.0454. The molecule has 20 heavy (non-hydrogen) atoms. The molecule has 0 aromatic carbocycles. The third kappa shape index (κ3) is 3.83. The molecule has 4 heteroatoms. The second-order valence-corrected chi connectivity index (χ2v) is 7.67. The second kappa shape index (κ2) is 5.49. The summed E-state index contributed by atoms with van der Waals surface area (Å²) in [5.41, 5.74) is 0.407. The number of aromatic nitrogens is 2. The SMILES string of the molecule is CC1CC(NCC(C)(O)c2cnn(C)c2)CC(C)(C)C1. The smallest absolute Gasteiger partial charge is 0.102 e. The molecule has 1 aromatic rings. The summed E-state index contributed by atoms with van der Waals surface area (Å²) < 4.78 is 1.73. The van der Waals surface area contributed by atoms with E-state index in [1.807, 2.05) is 20.2 Å². The number of rotatable bonds is 4. The van der Waals surface area contributed by atoms with Crippen LogP contribution >= 0.6 is 0 Å². The van der Waals surface area contributed by atoms with Crippen molar-refractivity contribution in [2.75, 3.05) is 6.54 Å². The molecule has 114 valence electrons. The summed E-state index contributed by atoms with van der Waals surface area (Å²) in [6.07, 6.45) is 7.31. The van der Waals surface area contributed by atoms with Gasteiger partial charge < -0.3 is 10.4 Å². The maximum absolute atomic E-state index is 10.6. The van der Waals surface area contributed by atoms with E-state index >= 15 is 0 Å². The fraction of sp³-hybridized carbons (Fsp3) is 0.812. The van der Waals surface area contributed by atoms with Crippen molar-refractivity contribution in [1.29, 1.82) is 0 Å². The number of nitrogens with zero attached hydrogens (tertiary/aromatic N) is 2. The number of hydrogen-bond donors (Lipinski definition) is 2. The number of aryl methyl sites for hydroxylation is 1. The largest absolute Gasteiger partial charge is 0.384 e. The van der Waals surface area contributed by atoms with Crippen LogP contribution in [0.3, 0.4) is 0 Å². The van der Waals surface area contributed by atoms with Crippen LogP contribution in [-0.4, -0.2) is 27.5 Å². The van der Waals surface area contributed by atoms with Gasteiger partial charge in [0.1, 0.15) is 5.60 Å². The molecular weight excluding hydrogens is 250 g/mol. The molecule has 0 radical (unpaired) electrons. The van der Waals surface area contributed by atoms with Crippen LogP contribution in [-0.2, 0) is 12.6 Å². The molecule has 1 fully saturated rings. The van der Waals surface area contributed by atoms with Gasteiger partial charge in [-0.05, 0) is 37.5 Å². The van der Waals surface area contributed by atoms with E-state index in [2.05, 4.69) is 31.2 Å². The molecule has 4 nitrogen and oxygen atoms in total. The van der Waals surface area contributed by atoms with E-state index in [4.69, 9.17) is 0 Å². The van der Waals surface area contributed by atoms with E-state index in [-0.39, 0.29) is 0 Å². The molecule has 2 rings (SSSR count).